The molecule has 0 spiro atoms. The van der Waals surface area contributed by atoms with Crippen molar-refractivity contribution in [3.8, 4) is 0 Å². The van der Waals surface area contributed by atoms with Gasteiger partial charge in [0.05, 0.1) is 0 Å². The first kappa shape index (κ1) is 31.0. The molecular formula is C27H37N5O7. The average Bonchev–Trinajstić information content (AvgIpc) is 3.16. The molecule has 2 unspecified atom stereocenters. The first-order chi connectivity index (χ1) is 18.2. The lowest BCUT2D eigenvalue weighted by Crippen LogP contribution is -2.54. The quantitative estimate of drug-likeness (QED) is 0.308. The van der Waals surface area contributed by atoms with E-state index in [9.17, 15) is 28.8 Å². The van der Waals surface area contributed by atoms with E-state index < -0.39 is 53.3 Å². The zero-order valence-electron chi connectivity index (χ0n) is 23.1. The smallest absolute Gasteiger partial charge is 0.407 e. The van der Waals surface area contributed by atoms with Gasteiger partial charge in [-0.1, -0.05) is 26.0 Å². The van der Waals surface area contributed by atoms with Gasteiger partial charge in [-0.3, -0.25) is 28.9 Å². The van der Waals surface area contributed by atoms with Gasteiger partial charge in [0.1, 0.15) is 17.7 Å². The Morgan fingerprint density at radius 3 is 2.03 bits per heavy atom. The number of anilines is 1. The highest BCUT2D eigenvalue weighted by Gasteiger charge is 2.28. The summed E-state index contributed by atoms with van der Waals surface area (Å²) in [6.45, 7) is 10.5. The maximum Gasteiger partial charge on any atom is 0.407 e. The van der Waals surface area contributed by atoms with E-state index in [2.05, 4.69) is 21.3 Å². The van der Waals surface area contributed by atoms with Crippen LogP contribution < -0.4 is 21.3 Å². The van der Waals surface area contributed by atoms with Gasteiger partial charge >= 0.3 is 6.09 Å². The lowest BCUT2D eigenvalue weighted by atomic mass is 10.0. The number of benzene rings is 1. The van der Waals surface area contributed by atoms with E-state index >= 15 is 0 Å². The highest BCUT2D eigenvalue weighted by molar-refractivity contribution is 6.13. The second kappa shape index (κ2) is 13.5. The Balaban J connectivity index is 1.84. The van der Waals surface area contributed by atoms with Crippen molar-refractivity contribution in [3.63, 3.8) is 0 Å². The minimum absolute atomic E-state index is 0.0996. The summed E-state index contributed by atoms with van der Waals surface area (Å²) in [6.07, 6.45) is 1.58. The lowest BCUT2D eigenvalue weighted by molar-refractivity contribution is -0.137. The molecule has 1 heterocycles. The van der Waals surface area contributed by atoms with Crippen molar-refractivity contribution in [1.82, 2.24) is 20.9 Å². The summed E-state index contributed by atoms with van der Waals surface area (Å²) in [5.41, 5.74) is 0.696. The summed E-state index contributed by atoms with van der Waals surface area (Å²) in [4.78, 5) is 73.9. The number of amides is 6. The molecule has 12 nitrogen and oxygen atoms in total. The fraction of sp³-hybridized carbons (Fsp3) is 0.481. The number of nitrogens with one attached hydrogen (secondary N) is 4. The van der Waals surface area contributed by atoms with Gasteiger partial charge in [-0.2, -0.15) is 0 Å². The van der Waals surface area contributed by atoms with Gasteiger partial charge < -0.3 is 26.0 Å². The Labute approximate surface area is 227 Å². The topological polar surface area (TPSA) is 163 Å². The molecule has 212 valence electrons. The van der Waals surface area contributed by atoms with Crippen molar-refractivity contribution >= 4 is 41.3 Å². The molecule has 1 aliphatic rings. The third-order valence-corrected chi connectivity index (χ3v) is 5.54. The van der Waals surface area contributed by atoms with Gasteiger partial charge in [0.15, 0.2) is 0 Å². The third kappa shape index (κ3) is 10.2. The number of imide groups is 1. The molecule has 0 saturated carbocycles. The van der Waals surface area contributed by atoms with Gasteiger partial charge in [0.25, 0.3) is 11.8 Å². The van der Waals surface area contributed by atoms with Crippen molar-refractivity contribution < 1.29 is 33.5 Å². The largest absolute Gasteiger partial charge is 0.444 e. The van der Waals surface area contributed by atoms with Crippen LogP contribution in [-0.2, 0) is 35.3 Å². The molecule has 2 rings (SSSR count). The molecule has 0 radical (unpaired) electrons. The van der Waals surface area contributed by atoms with E-state index in [-0.39, 0.29) is 25.4 Å². The summed E-state index contributed by atoms with van der Waals surface area (Å²) in [6, 6.07) is 4.98. The average molecular weight is 544 g/mol. The normalized spacial score (nSPS) is 14.6. The van der Waals surface area contributed by atoms with Crippen LogP contribution in [-0.4, -0.2) is 64.8 Å². The third-order valence-electron chi connectivity index (χ3n) is 5.54. The van der Waals surface area contributed by atoms with E-state index in [1.165, 1.54) is 6.92 Å². The van der Waals surface area contributed by atoms with Crippen molar-refractivity contribution in [2.75, 3.05) is 11.9 Å². The number of rotatable bonds is 11. The van der Waals surface area contributed by atoms with Gasteiger partial charge in [0, 0.05) is 37.3 Å². The lowest BCUT2D eigenvalue weighted by Gasteiger charge is -2.24. The van der Waals surface area contributed by atoms with E-state index in [0.717, 1.165) is 22.6 Å². The van der Waals surface area contributed by atoms with Crippen LogP contribution in [0.3, 0.4) is 0 Å². The molecule has 1 aromatic rings. The van der Waals surface area contributed by atoms with Crippen LogP contribution in [0.5, 0.6) is 0 Å². The molecule has 4 N–H and O–H groups in total. The number of hydrogen-bond donors (Lipinski definition) is 4. The molecule has 39 heavy (non-hydrogen) atoms. The van der Waals surface area contributed by atoms with Crippen molar-refractivity contribution in [2.45, 2.75) is 72.2 Å². The Morgan fingerprint density at radius 1 is 0.897 bits per heavy atom. The van der Waals surface area contributed by atoms with Crippen LogP contribution in [0, 0.1) is 5.92 Å². The van der Waals surface area contributed by atoms with Crippen LogP contribution in [0.2, 0.25) is 0 Å². The fourth-order valence-electron chi connectivity index (χ4n) is 3.46. The number of alkyl carbamates (subject to hydrolysis) is 1. The van der Waals surface area contributed by atoms with E-state index in [1.807, 2.05) is 0 Å². The maximum atomic E-state index is 12.8. The highest BCUT2D eigenvalue weighted by atomic mass is 16.6. The van der Waals surface area contributed by atoms with Crippen molar-refractivity contribution in [3.05, 3.63) is 42.0 Å². The second-order valence-corrected chi connectivity index (χ2v) is 10.5. The van der Waals surface area contributed by atoms with Gasteiger partial charge in [0.2, 0.25) is 17.7 Å². The first-order valence-electron chi connectivity index (χ1n) is 12.7. The predicted molar refractivity (Wildman–Crippen MR) is 143 cm³/mol. The molecule has 0 fully saturated rings. The summed E-state index contributed by atoms with van der Waals surface area (Å²) in [5, 5.41) is 10.6. The summed E-state index contributed by atoms with van der Waals surface area (Å²) < 4.78 is 5.19. The molecular weight excluding hydrogens is 506 g/mol. The van der Waals surface area contributed by atoms with Crippen LogP contribution >= 0.6 is 0 Å². The van der Waals surface area contributed by atoms with Crippen molar-refractivity contribution in [2.24, 2.45) is 5.92 Å². The minimum Gasteiger partial charge on any atom is -0.444 e. The predicted octanol–water partition coefficient (Wildman–Crippen LogP) is 1.61. The number of carbonyl (C=O) groups is 6. The van der Waals surface area contributed by atoms with Crippen LogP contribution in [0.25, 0.3) is 0 Å². The Morgan fingerprint density at radius 2 is 1.49 bits per heavy atom. The molecule has 6 amide bonds. The SMILES string of the molecule is CC(NC(=O)C(NC(=O)CCN1C(=O)C=CC1=O)C(C)C)C(=O)Nc1ccc(CNC(=O)OC(C)(C)C)cc1. The first-order valence-corrected chi connectivity index (χ1v) is 12.7. The number of carbonyl (C=O) groups excluding carboxylic acids is 6. The van der Waals surface area contributed by atoms with Crippen molar-refractivity contribution in [1.29, 1.82) is 0 Å². The molecule has 0 saturated heterocycles. The molecule has 0 aliphatic carbocycles. The molecule has 1 aliphatic heterocycles. The van der Waals surface area contributed by atoms with Crippen LogP contribution in [0.15, 0.2) is 36.4 Å². The minimum atomic E-state index is -0.924. The Hall–Kier alpha value is -4.22. The monoisotopic (exact) mass is 543 g/mol. The maximum absolute atomic E-state index is 12.8. The second-order valence-electron chi connectivity index (χ2n) is 10.5. The zero-order valence-corrected chi connectivity index (χ0v) is 23.1. The van der Waals surface area contributed by atoms with Gasteiger partial charge in [-0.05, 0) is 51.3 Å². The van der Waals surface area contributed by atoms with E-state index in [0.29, 0.717) is 5.69 Å². The molecule has 0 bridgehead atoms. The van der Waals surface area contributed by atoms with E-state index in [4.69, 9.17) is 4.74 Å². The zero-order chi connectivity index (χ0) is 29.3. The summed E-state index contributed by atoms with van der Waals surface area (Å²) in [7, 11) is 0. The number of ether oxygens (including phenoxy) is 1. The standard InChI is InChI=1S/C27H37N5O7/c1-16(2)23(31-20(33)13-14-32-21(34)11-12-22(32)35)25(37)29-17(3)24(36)30-19-9-7-18(8-10-19)15-28-26(38)39-27(4,5)6/h7-12,16-17,23H,13-15H2,1-6H3,(H,28,38)(H,29,37)(H,30,36)(H,31,33). The molecule has 1 aromatic carbocycles. The summed E-state index contributed by atoms with van der Waals surface area (Å²) in [5.74, 6) is -2.77. The molecule has 0 aromatic heterocycles. The molecule has 12 heteroatoms. The fourth-order valence-corrected chi connectivity index (χ4v) is 3.46. The summed E-state index contributed by atoms with van der Waals surface area (Å²) >= 11 is 0. The van der Waals surface area contributed by atoms with Gasteiger partial charge in [-0.15, -0.1) is 0 Å². The Bertz CT molecular complexity index is 1100. The van der Waals surface area contributed by atoms with E-state index in [1.54, 1.807) is 58.9 Å². The number of nitrogens with zero attached hydrogens (tertiary/aromatic N) is 1. The van der Waals surface area contributed by atoms with Crippen LogP contribution in [0.4, 0.5) is 10.5 Å². The highest BCUT2D eigenvalue weighted by Crippen LogP contribution is 2.12. The molecule has 2 atom stereocenters. The van der Waals surface area contributed by atoms with Gasteiger partial charge in [-0.25, -0.2) is 4.79 Å². The van der Waals surface area contributed by atoms with Crippen LogP contribution in [0.1, 0.15) is 53.5 Å². The number of hydrogen-bond acceptors (Lipinski definition) is 7. The Kier molecular flexibility index (Phi) is 10.8.